The molecule has 0 atom stereocenters. The van der Waals surface area contributed by atoms with Gasteiger partial charge in [0, 0.05) is 5.75 Å². The smallest absolute Gasteiger partial charge is 0.230 e. The zero-order valence-corrected chi connectivity index (χ0v) is 16.1. The third-order valence-electron chi connectivity index (χ3n) is 3.86. The van der Waals surface area contributed by atoms with Crippen LogP contribution in [0, 0.1) is 6.92 Å². The highest BCUT2D eigenvalue weighted by molar-refractivity contribution is 8.71. The Morgan fingerprint density at radius 2 is 1.46 bits per heavy atom. The number of ether oxygens (including phenoxy) is 1. The van der Waals surface area contributed by atoms with Crippen LogP contribution in [0.15, 0.2) is 83.8 Å². The quantitative estimate of drug-likeness (QED) is 0.525. The fourth-order valence-electron chi connectivity index (χ4n) is 2.34. The molecule has 0 saturated carbocycles. The van der Waals surface area contributed by atoms with Gasteiger partial charge in [-0.2, -0.15) is 0 Å². The molecule has 0 bridgehead atoms. The van der Waals surface area contributed by atoms with Crippen molar-refractivity contribution in [2.24, 2.45) is 0 Å². The van der Waals surface area contributed by atoms with Gasteiger partial charge in [-0.1, -0.05) is 60.2 Å². The number of hydrogen-bond donors (Lipinski definition) is 0. The Hall–Kier alpha value is -2.24. The Morgan fingerprint density at radius 3 is 2.12 bits per heavy atom. The summed E-state index contributed by atoms with van der Waals surface area (Å²) in [4.78, 5) is 0.343. The topological polar surface area (TPSA) is 43.4 Å². The molecule has 0 aromatic heterocycles. The van der Waals surface area contributed by atoms with Crippen LogP contribution in [0.25, 0.3) is 0 Å². The van der Waals surface area contributed by atoms with Crippen molar-refractivity contribution in [1.82, 2.24) is 0 Å². The van der Waals surface area contributed by atoms with Crippen molar-refractivity contribution >= 4 is 19.7 Å². The van der Waals surface area contributed by atoms with Crippen LogP contribution in [-0.2, 0) is 21.2 Å². The van der Waals surface area contributed by atoms with Crippen LogP contribution in [0.4, 0.5) is 0 Å². The third-order valence-corrected chi connectivity index (χ3v) is 7.33. The maximum atomic E-state index is 12.4. The largest absolute Gasteiger partial charge is 0.489 e. The van der Waals surface area contributed by atoms with Crippen molar-refractivity contribution in [2.75, 3.05) is 0 Å². The molecule has 26 heavy (non-hydrogen) atoms. The second kappa shape index (κ2) is 8.43. The summed E-state index contributed by atoms with van der Waals surface area (Å²) >= 11 is 0. The van der Waals surface area contributed by atoms with E-state index >= 15 is 0 Å². The maximum Gasteiger partial charge on any atom is 0.230 e. The van der Waals surface area contributed by atoms with Crippen molar-refractivity contribution < 1.29 is 13.2 Å². The molecule has 3 nitrogen and oxygen atoms in total. The fraction of sp³-hybridized carbons (Fsp3) is 0.143. The van der Waals surface area contributed by atoms with Crippen molar-refractivity contribution in [3.05, 3.63) is 95.6 Å². The molecule has 0 unspecified atom stereocenters. The van der Waals surface area contributed by atoms with E-state index in [1.807, 2.05) is 73.7 Å². The molecule has 3 aromatic carbocycles. The van der Waals surface area contributed by atoms with E-state index in [9.17, 15) is 8.42 Å². The summed E-state index contributed by atoms with van der Waals surface area (Å²) in [6, 6.07) is 24.4. The van der Waals surface area contributed by atoms with E-state index in [1.54, 1.807) is 12.1 Å². The van der Waals surface area contributed by atoms with E-state index in [2.05, 4.69) is 0 Å². The predicted octanol–water partition coefficient (Wildman–Crippen LogP) is 5.20. The molecule has 5 heteroatoms. The first-order valence-electron chi connectivity index (χ1n) is 8.25. The molecular weight excluding hydrogens is 364 g/mol. The van der Waals surface area contributed by atoms with Crippen LogP contribution in [0.1, 0.15) is 16.7 Å². The summed E-state index contributed by atoms with van der Waals surface area (Å²) in [5.74, 6) is 1.17. The Kier molecular flexibility index (Phi) is 6.01. The van der Waals surface area contributed by atoms with E-state index in [1.165, 1.54) is 0 Å². The van der Waals surface area contributed by atoms with Gasteiger partial charge in [0.05, 0.1) is 4.90 Å². The highest BCUT2D eigenvalue weighted by atomic mass is 33.1. The van der Waals surface area contributed by atoms with Crippen molar-refractivity contribution in [2.45, 2.75) is 24.2 Å². The average Bonchev–Trinajstić information content (AvgIpc) is 2.67. The second-order valence-corrected chi connectivity index (χ2v) is 9.88. The summed E-state index contributed by atoms with van der Waals surface area (Å²) in [6.45, 7) is 2.45. The number of rotatable bonds is 7. The summed E-state index contributed by atoms with van der Waals surface area (Å²) < 4.78 is 30.5. The Morgan fingerprint density at radius 1 is 0.808 bits per heavy atom. The van der Waals surface area contributed by atoms with Gasteiger partial charge >= 0.3 is 0 Å². The van der Waals surface area contributed by atoms with Crippen LogP contribution in [0.5, 0.6) is 5.75 Å². The van der Waals surface area contributed by atoms with Gasteiger partial charge in [0.15, 0.2) is 0 Å². The molecular formula is C21H20O3S2. The van der Waals surface area contributed by atoms with Gasteiger partial charge in [-0.3, -0.25) is 0 Å². The Labute approximate surface area is 158 Å². The lowest BCUT2D eigenvalue weighted by molar-refractivity contribution is 0.306. The van der Waals surface area contributed by atoms with Crippen LogP contribution in [0.2, 0.25) is 0 Å². The molecule has 3 aromatic rings. The molecule has 0 aliphatic heterocycles. The van der Waals surface area contributed by atoms with Crippen LogP contribution in [0.3, 0.4) is 0 Å². The lowest BCUT2D eigenvalue weighted by atomic mass is 10.2. The highest BCUT2D eigenvalue weighted by Crippen LogP contribution is 2.27. The summed E-state index contributed by atoms with van der Waals surface area (Å²) in [5, 5.41) is 0. The molecule has 0 N–H and O–H groups in total. The Balaban J connectivity index is 1.56. The first-order chi connectivity index (χ1) is 12.5. The number of hydrogen-bond acceptors (Lipinski definition) is 4. The van der Waals surface area contributed by atoms with E-state index < -0.39 is 8.87 Å². The normalized spacial score (nSPS) is 11.3. The van der Waals surface area contributed by atoms with Gasteiger partial charge in [-0.05, 0) is 53.1 Å². The SMILES string of the molecule is Cc1ccc(S(=O)(=O)SCc2ccc(OCc3ccccc3)cc2)cc1. The van der Waals surface area contributed by atoms with E-state index in [0.717, 1.165) is 33.2 Å². The standard InChI is InChI=1S/C21H20O3S2/c1-17-7-13-21(14-8-17)26(22,23)25-16-19-9-11-20(12-10-19)24-15-18-5-3-2-4-6-18/h2-14H,15-16H2,1H3. The fourth-order valence-corrected chi connectivity index (χ4v) is 5.05. The van der Waals surface area contributed by atoms with Gasteiger partial charge in [0.1, 0.15) is 12.4 Å². The van der Waals surface area contributed by atoms with E-state index in [0.29, 0.717) is 17.3 Å². The minimum atomic E-state index is -3.35. The Bertz CT molecular complexity index is 933. The van der Waals surface area contributed by atoms with Gasteiger partial charge in [0.25, 0.3) is 0 Å². The van der Waals surface area contributed by atoms with Gasteiger partial charge in [0.2, 0.25) is 8.87 Å². The predicted molar refractivity (Wildman–Crippen MR) is 107 cm³/mol. The molecule has 0 fully saturated rings. The van der Waals surface area contributed by atoms with Crippen LogP contribution in [-0.4, -0.2) is 8.42 Å². The number of benzene rings is 3. The minimum Gasteiger partial charge on any atom is -0.489 e. The van der Waals surface area contributed by atoms with Crippen molar-refractivity contribution in [1.29, 1.82) is 0 Å². The molecule has 134 valence electrons. The summed E-state index contributed by atoms with van der Waals surface area (Å²) in [5.41, 5.74) is 3.09. The molecule has 0 amide bonds. The zero-order chi connectivity index (χ0) is 18.4. The lowest BCUT2D eigenvalue weighted by Gasteiger charge is -2.08. The average molecular weight is 385 g/mol. The van der Waals surface area contributed by atoms with Crippen LogP contribution >= 0.6 is 10.8 Å². The van der Waals surface area contributed by atoms with Gasteiger partial charge in [-0.15, -0.1) is 0 Å². The number of aryl methyl sites for hydroxylation is 1. The summed E-state index contributed by atoms with van der Waals surface area (Å²) in [6.07, 6.45) is 0. The highest BCUT2D eigenvalue weighted by Gasteiger charge is 2.15. The summed E-state index contributed by atoms with van der Waals surface area (Å²) in [7, 11) is -2.41. The minimum absolute atomic E-state index is 0.343. The van der Waals surface area contributed by atoms with Gasteiger partial charge < -0.3 is 4.74 Å². The molecule has 0 saturated heterocycles. The molecule has 0 heterocycles. The van der Waals surface area contributed by atoms with Crippen molar-refractivity contribution in [3.8, 4) is 5.75 Å². The van der Waals surface area contributed by atoms with Crippen molar-refractivity contribution in [3.63, 3.8) is 0 Å². The first-order valence-corrected chi connectivity index (χ1v) is 11.2. The van der Waals surface area contributed by atoms with Crippen LogP contribution < -0.4 is 4.74 Å². The monoisotopic (exact) mass is 384 g/mol. The molecule has 3 rings (SSSR count). The van der Waals surface area contributed by atoms with Gasteiger partial charge in [-0.25, -0.2) is 8.42 Å². The molecule has 0 spiro atoms. The maximum absolute atomic E-state index is 12.4. The molecule has 0 radical (unpaired) electrons. The first kappa shape index (κ1) is 18.5. The zero-order valence-electron chi connectivity index (χ0n) is 14.5. The molecule has 0 aliphatic rings. The van der Waals surface area contributed by atoms with E-state index in [-0.39, 0.29) is 0 Å². The third kappa shape index (κ3) is 5.13. The molecule has 0 aliphatic carbocycles. The second-order valence-electron chi connectivity index (χ2n) is 5.95. The lowest BCUT2D eigenvalue weighted by Crippen LogP contribution is -1.97. The van der Waals surface area contributed by atoms with E-state index in [4.69, 9.17) is 4.74 Å².